The molecule has 8 nitrogen and oxygen atoms in total. The summed E-state index contributed by atoms with van der Waals surface area (Å²) in [5.41, 5.74) is 4.20. The maximum atomic E-state index is 12.6. The van der Waals surface area contributed by atoms with E-state index in [-0.39, 0.29) is 24.8 Å². The summed E-state index contributed by atoms with van der Waals surface area (Å²) >= 11 is 0. The molecule has 3 aromatic rings. The van der Waals surface area contributed by atoms with Gasteiger partial charge in [0.1, 0.15) is 0 Å². The Labute approximate surface area is 180 Å². The number of ether oxygens (including phenoxy) is 2. The van der Waals surface area contributed by atoms with Crippen LogP contribution in [0.2, 0.25) is 0 Å². The maximum absolute atomic E-state index is 12.6. The van der Waals surface area contributed by atoms with Gasteiger partial charge in [-0.15, -0.1) is 0 Å². The van der Waals surface area contributed by atoms with Gasteiger partial charge in [-0.05, 0) is 57.2 Å². The quantitative estimate of drug-likeness (QED) is 0.408. The number of rotatable bonds is 8. The van der Waals surface area contributed by atoms with Gasteiger partial charge in [-0.25, -0.2) is 9.48 Å². The summed E-state index contributed by atoms with van der Waals surface area (Å²) < 4.78 is 13.5. The number of aryl methyl sites for hydroxylation is 2. The lowest BCUT2D eigenvalue weighted by molar-refractivity contribution is -0.140. The lowest BCUT2D eigenvalue weighted by Gasteiger charge is -2.09. The van der Waals surface area contributed by atoms with Gasteiger partial charge >= 0.3 is 11.9 Å². The molecule has 2 aromatic heterocycles. The Morgan fingerprint density at radius 3 is 2.32 bits per heavy atom. The zero-order valence-electron chi connectivity index (χ0n) is 18.0. The van der Waals surface area contributed by atoms with Crippen molar-refractivity contribution in [1.82, 2.24) is 14.3 Å². The van der Waals surface area contributed by atoms with Gasteiger partial charge in [-0.3, -0.25) is 9.59 Å². The Hall–Kier alpha value is -3.68. The molecule has 0 saturated heterocycles. The molecule has 0 bridgehead atoms. The van der Waals surface area contributed by atoms with Crippen LogP contribution in [0.3, 0.4) is 0 Å². The summed E-state index contributed by atoms with van der Waals surface area (Å²) in [6.07, 6.45) is 1.92. The average molecular weight is 423 g/mol. The van der Waals surface area contributed by atoms with E-state index in [9.17, 15) is 14.4 Å². The number of benzene rings is 1. The van der Waals surface area contributed by atoms with E-state index in [1.807, 2.05) is 24.5 Å². The number of aromatic nitrogens is 3. The molecule has 8 heteroatoms. The first-order valence-corrected chi connectivity index (χ1v) is 9.86. The molecule has 0 fully saturated rings. The van der Waals surface area contributed by atoms with Crippen LogP contribution in [0.4, 0.5) is 0 Å². The van der Waals surface area contributed by atoms with Crippen molar-refractivity contribution in [3.05, 3.63) is 70.8 Å². The van der Waals surface area contributed by atoms with Gasteiger partial charge in [-0.1, -0.05) is 0 Å². The second kappa shape index (κ2) is 9.42. The first-order valence-electron chi connectivity index (χ1n) is 9.86. The Morgan fingerprint density at radius 1 is 1.00 bits per heavy atom. The Kier molecular flexibility index (Phi) is 6.69. The highest BCUT2D eigenvalue weighted by atomic mass is 16.5. The molecular weight excluding hydrogens is 398 g/mol. The van der Waals surface area contributed by atoms with E-state index >= 15 is 0 Å². The topological polar surface area (TPSA) is 92.4 Å². The molecule has 0 amide bonds. The molecule has 0 N–H and O–H groups in total. The van der Waals surface area contributed by atoms with Crippen molar-refractivity contribution in [3.8, 4) is 5.69 Å². The number of carbonyl (C=O) groups excluding carboxylic acids is 3. The minimum atomic E-state index is -0.573. The normalized spacial score (nSPS) is 10.7. The fourth-order valence-corrected chi connectivity index (χ4v) is 3.40. The Bertz CT molecular complexity index is 1110. The molecule has 0 saturated carbocycles. The third kappa shape index (κ3) is 4.91. The second-order valence-electron chi connectivity index (χ2n) is 7.19. The molecule has 0 spiro atoms. The number of carbonyl (C=O) groups is 3. The van der Waals surface area contributed by atoms with Gasteiger partial charge in [0.15, 0.2) is 6.61 Å². The first kappa shape index (κ1) is 22.0. The molecule has 31 heavy (non-hydrogen) atoms. The van der Waals surface area contributed by atoms with Crippen LogP contribution >= 0.6 is 0 Å². The largest absolute Gasteiger partial charge is 0.469 e. The zero-order valence-corrected chi connectivity index (χ0v) is 18.0. The van der Waals surface area contributed by atoms with Crippen LogP contribution in [-0.2, 0) is 20.8 Å². The number of ketones is 1. The van der Waals surface area contributed by atoms with Crippen LogP contribution in [0, 0.1) is 20.8 Å². The highest BCUT2D eigenvalue weighted by Crippen LogP contribution is 2.17. The molecule has 0 aliphatic carbocycles. The molecule has 162 valence electrons. The van der Waals surface area contributed by atoms with Crippen molar-refractivity contribution in [2.75, 3.05) is 13.7 Å². The van der Waals surface area contributed by atoms with Crippen molar-refractivity contribution < 1.29 is 23.9 Å². The maximum Gasteiger partial charge on any atom is 0.338 e. The Morgan fingerprint density at radius 2 is 1.71 bits per heavy atom. The number of nitrogens with zero attached hydrogens (tertiary/aromatic N) is 3. The fourth-order valence-electron chi connectivity index (χ4n) is 3.40. The summed E-state index contributed by atoms with van der Waals surface area (Å²) in [6.45, 7) is 5.65. The van der Waals surface area contributed by atoms with E-state index in [0.29, 0.717) is 17.7 Å². The molecule has 0 unspecified atom stereocenters. The van der Waals surface area contributed by atoms with Crippen molar-refractivity contribution in [2.45, 2.75) is 33.7 Å². The third-order valence-corrected chi connectivity index (χ3v) is 5.16. The highest BCUT2D eigenvalue weighted by molar-refractivity contribution is 6.00. The summed E-state index contributed by atoms with van der Waals surface area (Å²) in [4.78, 5) is 36.4. The Balaban J connectivity index is 1.62. The van der Waals surface area contributed by atoms with Gasteiger partial charge in [0.05, 0.1) is 24.8 Å². The zero-order chi connectivity index (χ0) is 22.5. The predicted octanol–water partition coefficient (Wildman–Crippen LogP) is 3.20. The smallest absolute Gasteiger partial charge is 0.338 e. The minimum Gasteiger partial charge on any atom is -0.469 e. The summed E-state index contributed by atoms with van der Waals surface area (Å²) in [6, 6.07) is 10.5. The summed E-state index contributed by atoms with van der Waals surface area (Å²) in [5.74, 6) is -1.19. The molecule has 0 aliphatic heterocycles. The molecule has 0 radical (unpaired) electrons. The predicted molar refractivity (Wildman–Crippen MR) is 113 cm³/mol. The standard InChI is InChI=1S/C23H25N3O5/c1-15-9-11-24-26(15)19-7-5-18(6-8-19)23(29)31-14-21(27)20-13-16(2)25(17(20)3)12-10-22(28)30-4/h5-9,11,13H,10,12,14H2,1-4H3. The number of esters is 2. The first-order chi connectivity index (χ1) is 14.8. The van der Waals surface area contributed by atoms with Gasteiger partial charge in [0, 0.05) is 35.4 Å². The average Bonchev–Trinajstić information content (AvgIpc) is 3.32. The van der Waals surface area contributed by atoms with Crippen LogP contribution in [0.5, 0.6) is 0 Å². The number of Topliss-reactive ketones (excluding diaryl/α,β-unsaturated/α-hetero) is 1. The number of hydrogen-bond donors (Lipinski definition) is 0. The minimum absolute atomic E-state index is 0.212. The number of hydrogen-bond acceptors (Lipinski definition) is 6. The van der Waals surface area contributed by atoms with Crippen molar-refractivity contribution in [3.63, 3.8) is 0 Å². The van der Waals surface area contributed by atoms with Gasteiger partial charge in [-0.2, -0.15) is 5.10 Å². The van der Waals surface area contributed by atoms with Crippen molar-refractivity contribution in [1.29, 1.82) is 0 Å². The lowest BCUT2D eigenvalue weighted by Crippen LogP contribution is -2.15. The van der Waals surface area contributed by atoms with E-state index < -0.39 is 5.97 Å². The highest BCUT2D eigenvalue weighted by Gasteiger charge is 2.18. The van der Waals surface area contributed by atoms with Gasteiger partial charge < -0.3 is 14.0 Å². The van der Waals surface area contributed by atoms with Crippen LogP contribution in [0.25, 0.3) is 5.69 Å². The van der Waals surface area contributed by atoms with Crippen molar-refractivity contribution >= 4 is 17.7 Å². The summed E-state index contributed by atoms with van der Waals surface area (Å²) in [5, 5.41) is 4.23. The van der Waals surface area contributed by atoms with E-state index in [1.54, 1.807) is 48.1 Å². The fraction of sp³-hybridized carbons (Fsp3) is 0.304. The van der Waals surface area contributed by atoms with Crippen LogP contribution in [-0.4, -0.2) is 45.8 Å². The molecule has 0 atom stereocenters. The number of methoxy groups -OCH3 is 1. The summed E-state index contributed by atoms with van der Waals surface area (Å²) in [7, 11) is 1.34. The van der Waals surface area contributed by atoms with E-state index in [2.05, 4.69) is 9.84 Å². The molecule has 0 aliphatic rings. The van der Waals surface area contributed by atoms with Crippen molar-refractivity contribution in [2.24, 2.45) is 0 Å². The van der Waals surface area contributed by atoms with E-state index in [4.69, 9.17) is 4.74 Å². The van der Waals surface area contributed by atoms with Crippen LogP contribution < -0.4 is 0 Å². The molecule has 1 aromatic carbocycles. The van der Waals surface area contributed by atoms with E-state index in [1.165, 1.54) is 7.11 Å². The van der Waals surface area contributed by atoms with Gasteiger partial charge in [0.2, 0.25) is 5.78 Å². The molecular formula is C23H25N3O5. The van der Waals surface area contributed by atoms with E-state index in [0.717, 1.165) is 22.8 Å². The van der Waals surface area contributed by atoms with Crippen LogP contribution in [0.15, 0.2) is 42.6 Å². The van der Waals surface area contributed by atoms with Gasteiger partial charge in [0.25, 0.3) is 0 Å². The molecule has 3 rings (SSSR count). The monoisotopic (exact) mass is 423 g/mol. The molecule has 2 heterocycles. The SMILES string of the molecule is COC(=O)CCn1c(C)cc(C(=O)COC(=O)c2ccc(-n3nccc3C)cc2)c1C. The second-order valence-corrected chi connectivity index (χ2v) is 7.19. The third-order valence-electron chi connectivity index (χ3n) is 5.16. The lowest BCUT2D eigenvalue weighted by atomic mass is 10.1. The van der Waals surface area contributed by atoms with Crippen LogP contribution in [0.1, 0.15) is 44.2 Å².